The van der Waals surface area contributed by atoms with Crippen molar-refractivity contribution in [1.82, 2.24) is 0 Å². The van der Waals surface area contributed by atoms with Gasteiger partial charge in [0.2, 0.25) is 0 Å². The van der Waals surface area contributed by atoms with Gasteiger partial charge in [-0.25, -0.2) is 0 Å². The molecule has 7 aromatic carbocycles. The lowest BCUT2D eigenvalue weighted by Crippen LogP contribution is -2.05. The minimum Gasteiger partial charge on any atom is -0.417 e. The monoisotopic (exact) mass is 758 g/mol. The molecule has 0 aromatic heterocycles. The van der Waals surface area contributed by atoms with Crippen molar-refractivity contribution < 1.29 is 41.9 Å². The Morgan fingerprint density at radius 1 is 0.415 bits per heavy atom. The fourth-order valence-corrected chi connectivity index (χ4v) is 8.48. The van der Waals surface area contributed by atoms with Gasteiger partial charge < -0.3 is 27.5 Å². The molecule has 7 aromatic rings. The third kappa shape index (κ3) is 8.17. The van der Waals surface area contributed by atoms with Gasteiger partial charge in [0.05, 0.1) is 26.5 Å². The van der Waals surface area contributed by atoms with Crippen LogP contribution in [0.5, 0.6) is 28.7 Å². The van der Waals surface area contributed by atoms with Gasteiger partial charge in [0, 0.05) is 0 Å². The zero-order valence-electron chi connectivity index (χ0n) is 27.6. The average Bonchev–Trinajstić information content (AvgIpc) is 3.20. The largest absolute Gasteiger partial charge is 0.530 e. The van der Waals surface area contributed by atoms with Gasteiger partial charge in [0.15, 0.2) is 18.9 Å². The van der Waals surface area contributed by atoms with Crippen LogP contribution in [0.1, 0.15) is 31.1 Å². The Kier molecular flexibility index (Phi) is 11.2. The third-order valence-corrected chi connectivity index (χ3v) is 10.9. The first-order valence-electron chi connectivity index (χ1n) is 16.1. The van der Waals surface area contributed by atoms with Gasteiger partial charge in [-0.15, -0.1) is 0 Å². The molecule has 9 nitrogen and oxygen atoms in total. The summed E-state index contributed by atoms with van der Waals surface area (Å²) in [7, 11) is -4.84. The number of hydrogen-bond acceptors (Lipinski definition) is 10. The molecule has 0 heterocycles. The Balaban J connectivity index is 1.31. The van der Waals surface area contributed by atoms with Crippen molar-refractivity contribution in [1.29, 1.82) is 0 Å². The van der Waals surface area contributed by atoms with Crippen LogP contribution in [0.3, 0.4) is 0 Å². The molecule has 0 aliphatic rings. The van der Waals surface area contributed by atoms with E-state index in [-0.39, 0.29) is 22.8 Å². The van der Waals surface area contributed by atoms with Crippen molar-refractivity contribution in [3.05, 3.63) is 162 Å². The molecule has 0 saturated carbocycles. The fourth-order valence-electron chi connectivity index (χ4n) is 5.37. The van der Waals surface area contributed by atoms with E-state index in [1.165, 1.54) is 11.8 Å². The van der Waals surface area contributed by atoms with Crippen LogP contribution in [-0.2, 0) is 0 Å². The van der Waals surface area contributed by atoms with E-state index in [2.05, 4.69) is 0 Å². The van der Waals surface area contributed by atoms with E-state index in [0.29, 0.717) is 51.3 Å². The Morgan fingerprint density at radius 3 is 1.25 bits per heavy atom. The summed E-state index contributed by atoms with van der Waals surface area (Å²) in [6, 6.07) is 42.8. The molecule has 262 valence electrons. The average molecular weight is 759 g/mol. The highest BCUT2D eigenvalue weighted by Gasteiger charge is 2.27. The first-order valence-corrected chi connectivity index (χ1v) is 19.1. The van der Waals surface area contributed by atoms with Gasteiger partial charge in [0.25, 0.3) is 0 Å². The van der Waals surface area contributed by atoms with Crippen LogP contribution in [0, 0.1) is 0 Å². The zero-order chi connectivity index (χ0) is 36.6. The van der Waals surface area contributed by atoms with E-state index in [1.54, 1.807) is 84.9 Å². The predicted molar refractivity (Wildman–Crippen MR) is 207 cm³/mol. The van der Waals surface area contributed by atoms with Crippen LogP contribution in [-0.4, -0.2) is 23.8 Å². The zero-order valence-corrected chi connectivity index (χ0v) is 30.2. The maximum absolute atomic E-state index is 11.9. The van der Waals surface area contributed by atoms with Gasteiger partial charge >= 0.3 is 17.2 Å². The Morgan fingerprint density at radius 2 is 0.774 bits per heavy atom. The Bertz CT molecular complexity index is 2390. The molecule has 0 radical (unpaired) electrons. The lowest BCUT2D eigenvalue weighted by molar-refractivity contribution is 0.111. The molecule has 1 N–H and O–H groups in total. The van der Waals surface area contributed by atoms with Crippen molar-refractivity contribution in [2.75, 3.05) is 0 Å². The second-order valence-electron chi connectivity index (χ2n) is 11.2. The molecule has 12 heteroatoms. The second kappa shape index (κ2) is 16.7. The van der Waals surface area contributed by atoms with Gasteiger partial charge in [-0.3, -0.25) is 14.4 Å². The lowest BCUT2D eigenvalue weighted by Gasteiger charge is -2.22. The van der Waals surface area contributed by atoms with Crippen molar-refractivity contribution in [3.8, 4) is 28.7 Å². The number of rotatable bonds is 15. The molecule has 7 rings (SSSR count). The number of aldehydes is 3. The molecule has 0 aliphatic heterocycles. The van der Waals surface area contributed by atoms with Gasteiger partial charge in [-0.2, -0.15) is 0 Å². The summed E-state index contributed by atoms with van der Waals surface area (Å²) in [6.07, 6.45) is 2.01. The van der Waals surface area contributed by atoms with E-state index in [9.17, 15) is 19.3 Å². The summed E-state index contributed by atoms with van der Waals surface area (Å²) >= 11 is 1.35. The van der Waals surface area contributed by atoms with E-state index < -0.39 is 17.2 Å². The first-order chi connectivity index (χ1) is 26.0. The smallest absolute Gasteiger partial charge is 0.417 e. The lowest BCUT2D eigenvalue weighted by atomic mass is 10.1. The number of fused-ring (bicyclic) bond motifs is 2. The van der Waals surface area contributed by atoms with E-state index in [4.69, 9.17) is 22.6 Å². The Hall–Kier alpha value is -5.76. The first kappa shape index (κ1) is 35.6. The minimum atomic E-state index is -2.52. The number of benzene rings is 7. The predicted octanol–water partition coefficient (Wildman–Crippen LogP) is 11.0. The van der Waals surface area contributed by atoms with Crippen LogP contribution in [0.4, 0.5) is 0 Å². The standard InChI is InChI=1S/C41H28O9P2S/c42-25-30-13-3-8-18-35(30)46-51(45)47-38-23-21-28-11-1-6-16-33(28)40(38)53-41-34-17-7-2-12-29(34)22-24-39(41)50-52(48-36-19-9-4-14-31(36)26-43)49-37-20-10-5-15-32(37)27-44/h1-27,45H. The molecule has 0 amide bonds. The van der Waals surface area contributed by atoms with Crippen LogP contribution >= 0.6 is 29.0 Å². The highest BCUT2D eigenvalue weighted by Crippen LogP contribution is 2.52. The highest BCUT2D eigenvalue weighted by atomic mass is 32.2. The Labute approximate surface area is 311 Å². The molecule has 0 aliphatic carbocycles. The second-order valence-corrected chi connectivity index (χ2v) is 14.1. The van der Waals surface area contributed by atoms with E-state index in [0.717, 1.165) is 21.5 Å². The van der Waals surface area contributed by atoms with Crippen molar-refractivity contribution in [2.45, 2.75) is 9.79 Å². The third-order valence-electron chi connectivity index (χ3n) is 7.90. The number of hydrogen-bond donors (Lipinski definition) is 1. The van der Waals surface area contributed by atoms with Gasteiger partial charge in [0.1, 0.15) is 28.7 Å². The van der Waals surface area contributed by atoms with Crippen LogP contribution in [0.25, 0.3) is 21.5 Å². The summed E-state index contributed by atoms with van der Waals surface area (Å²) in [6.45, 7) is 0. The number of carbonyl (C=O) groups is 3. The quantitative estimate of drug-likeness (QED) is 0.0799. The fraction of sp³-hybridized carbons (Fsp3) is 0. The summed E-state index contributed by atoms with van der Waals surface area (Å²) in [5.74, 6) is 1.39. The summed E-state index contributed by atoms with van der Waals surface area (Å²) in [5, 5.41) is 3.52. The van der Waals surface area contributed by atoms with Crippen LogP contribution in [0.2, 0.25) is 0 Å². The molecular formula is C41H28O9P2S. The molecule has 0 fully saturated rings. The number of para-hydroxylation sites is 3. The topological polar surface area (TPSA) is 118 Å². The molecular weight excluding hydrogens is 730 g/mol. The van der Waals surface area contributed by atoms with Gasteiger partial charge in [-0.1, -0.05) is 109 Å². The molecule has 1 atom stereocenters. The van der Waals surface area contributed by atoms with Crippen molar-refractivity contribution >= 4 is 69.4 Å². The maximum Gasteiger partial charge on any atom is 0.530 e. The number of carbonyl (C=O) groups excluding carboxylic acids is 3. The van der Waals surface area contributed by atoms with Crippen LogP contribution < -0.4 is 22.6 Å². The molecule has 0 bridgehead atoms. The van der Waals surface area contributed by atoms with E-state index in [1.807, 2.05) is 60.7 Å². The van der Waals surface area contributed by atoms with Crippen molar-refractivity contribution in [3.63, 3.8) is 0 Å². The molecule has 53 heavy (non-hydrogen) atoms. The molecule has 1 unspecified atom stereocenters. The van der Waals surface area contributed by atoms with Crippen LogP contribution in [0.15, 0.2) is 155 Å². The summed E-state index contributed by atoms with van der Waals surface area (Å²) < 4.78 is 30.9. The summed E-state index contributed by atoms with van der Waals surface area (Å²) in [4.78, 5) is 47.8. The highest BCUT2D eigenvalue weighted by molar-refractivity contribution is 8.00. The van der Waals surface area contributed by atoms with E-state index >= 15 is 0 Å². The van der Waals surface area contributed by atoms with Gasteiger partial charge in [-0.05, 0) is 70.1 Å². The summed E-state index contributed by atoms with van der Waals surface area (Å²) in [5.41, 5.74) is 0.857. The SMILES string of the molecule is O=Cc1ccccc1OP(O)Oc1ccc2ccccc2c1Sc1c(OP(Oc2ccccc2C=O)Oc2ccccc2C=O)ccc2ccccc12. The molecule has 0 saturated heterocycles. The normalized spacial score (nSPS) is 11.5. The minimum absolute atomic E-state index is 0.191. The van der Waals surface area contributed by atoms with Crippen molar-refractivity contribution in [2.24, 2.45) is 0 Å². The molecule has 0 spiro atoms. The maximum atomic E-state index is 11.9.